The predicted octanol–water partition coefficient (Wildman–Crippen LogP) is 2.12. The highest BCUT2D eigenvalue weighted by molar-refractivity contribution is 9.10. The van der Waals surface area contributed by atoms with Crippen molar-refractivity contribution in [3.63, 3.8) is 0 Å². The Kier molecular flexibility index (Phi) is 2.68. The van der Waals surface area contributed by atoms with Crippen molar-refractivity contribution in [3.05, 3.63) is 53.0 Å². The summed E-state index contributed by atoms with van der Waals surface area (Å²) in [6.07, 6.45) is 6.18. The molecule has 0 atom stereocenters. The molecular weight excluding hydrogens is 240 g/mol. The number of hydrogen-bond donors (Lipinski definition) is 0. The minimum atomic E-state index is 0.905. The first kappa shape index (κ1) is 9.46. The second-order valence-corrected chi connectivity index (χ2v) is 4.20. The van der Waals surface area contributed by atoms with E-state index in [-0.39, 0.29) is 0 Å². The fraction of sp³-hybridized carbons (Fsp3) is 0.182. The van der Waals surface area contributed by atoms with Crippen molar-refractivity contribution >= 4 is 15.9 Å². The van der Waals surface area contributed by atoms with Crippen molar-refractivity contribution in [3.8, 4) is 0 Å². The van der Waals surface area contributed by atoms with E-state index in [4.69, 9.17) is 0 Å². The van der Waals surface area contributed by atoms with Gasteiger partial charge < -0.3 is 0 Å². The van der Waals surface area contributed by atoms with Crippen molar-refractivity contribution < 1.29 is 4.57 Å². The molecule has 2 nitrogen and oxygen atoms in total. The minimum Gasteiger partial charge on any atom is -0.240 e. The maximum atomic E-state index is 3.54. The highest BCUT2D eigenvalue weighted by atomic mass is 79.9. The van der Waals surface area contributed by atoms with Crippen LogP contribution in [-0.2, 0) is 13.6 Å². The van der Waals surface area contributed by atoms with E-state index in [1.165, 1.54) is 5.56 Å². The number of halogens is 1. The second-order valence-electron chi connectivity index (χ2n) is 3.34. The monoisotopic (exact) mass is 251 g/mol. The maximum Gasteiger partial charge on any atom is 0.243 e. The molecule has 0 N–H and O–H groups in total. The summed E-state index contributed by atoms with van der Waals surface area (Å²) in [6, 6.07) is 8.29. The van der Waals surface area contributed by atoms with Gasteiger partial charge in [0.15, 0.2) is 0 Å². The molecule has 2 rings (SSSR count). The molecule has 0 amide bonds. The van der Waals surface area contributed by atoms with Crippen molar-refractivity contribution in [2.75, 3.05) is 0 Å². The number of nitrogens with zero attached hydrogens (tertiary/aromatic N) is 2. The van der Waals surface area contributed by atoms with Crippen LogP contribution in [0.15, 0.2) is 47.5 Å². The van der Waals surface area contributed by atoms with E-state index in [0.29, 0.717) is 0 Å². The van der Waals surface area contributed by atoms with Gasteiger partial charge >= 0.3 is 0 Å². The highest BCUT2D eigenvalue weighted by Gasteiger charge is 2.03. The Morgan fingerprint density at radius 2 is 2.14 bits per heavy atom. The Bertz CT molecular complexity index is 434. The Morgan fingerprint density at radius 3 is 2.79 bits per heavy atom. The highest BCUT2D eigenvalue weighted by Crippen LogP contribution is 2.16. The largest absolute Gasteiger partial charge is 0.243 e. The summed E-state index contributed by atoms with van der Waals surface area (Å²) in [6.45, 7) is 0.905. The number of rotatable bonds is 2. The Balaban J connectivity index is 2.23. The standard InChI is InChI=1S/C11H12BrN2/c1-13-6-7-14(9-13)8-10-4-2-3-5-11(10)12/h2-7,9H,8H2,1H3/q+1. The summed E-state index contributed by atoms with van der Waals surface area (Å²) in [7, 11) is 2.02. The molecule has 0 aliphatic heterocycles. The molecule has 2 aromatic rings. The number of aromatic nitrogens is 2. The van der Waals surface area contributed by atoms with Gasteiger partial charge in [-0.3, -0.25) is 0 Å². The molecular formula is C11H12BrN2+. The molecule has 14 heavy (non-hydrogen) atoms. The summed E-state index contributed by atoms with van der Waals surface area (Å²) in [5.74, 6) is 0. The molecule has 0 unspecified atom stereocenters. The summed E-state index contributed by atoms with van der Waals surface area (Å²) < 4.78 is 5.35. The fourth-order valence-electron chi connectivity index (χ4n) is 1.42. The summed E-state index contributed by atoms with van der Waals surface area (Å²) in [5, 5.41) is 0. The molecule has 0 saturated carbocycles. The maximum absolute atomic E-state index is 3.54. The lowest BCUT2D eigenvalue weighted by Crippen LogP contribution is -2.23. The Hall–Kier alpha value is -1.09. The van der Waals surface area contributed by atoms with Gasteiger partial charge in [0.25, 0.3) is 0 Å². The van der Waals surface area contributed by atoms with Crippen LogP contribution >= 0.6 is 15.9 Å². The molecule has 1 heterocycles. The van der Waals surface area contributed by atoms with Crippen LogP contribution in [0.2, 0.25) is 0 Å². The molecule has 0 saturated heterocycles. The van der Waals surface area contributed by atoms with E-state index in [2.05, 4.69) is 51.2 Å². The van der Waals surface area contributed by atoms with Gasteiger partial charge in [-0.2, -0.15) is 0 Å². The van der Waals surface area contributed by atoms with E-state index in [1.807, 2.05) is 23.9 Å². The summed E-state index contributed by atoms with van der Waals surface area (Å²) in [5.41, 5.74) is 1.30. The number of aryl methyl sites for hydroxylation is 1. The lowest BCUT2D eigenvalue weighted by atomic mass is 10.2. The van der Waals surface area contributed by atoms with Gasteiger partial charge in [0.05, 0.1) is 7.05 Å². The van der Waals surface area contributed by atoms with Crippen LogP contribution < -0.4 is 4.57 Å². The molecule has 72 valence electrons. The predicted molar refractivity (Wildman–Crippen MR) is 58.9 cm³/mol. The minimum absolute atomic E-state index is 0.905. The van der Waals surface area contributed by atoms with E-state index in [9.17, 15) is 0 Å². The topological polar surface area (TPSA) is 8.81 Å². The first-order chi connectivity index (χ1) is 6.75. The number of hydrogen-bond acceptors (Lipinski definition) is 0. The lowest BCUT2D eigenvalue weighted by molar-refractivity contribution is -0.671. The van der Waals surface area contributed by atoms with Crippen molar-refractivity contribution in [2.45, 2.75) is 6.54 Å². The van der Waals surface area contributed by atoms with Crippen molar-refractivity contribution in [1.29, 1.82) is 0 Å². The average molecular weight is 252 g/mol. The first-order valence-corrected chi connectivity index (χ1v) is 5.29. The van der Waals surface area contributed by atoms with Gasteiger partial charge in [0.1, 0.15) is 18.9 Å². The third kappa shape index (κ3) is 2.04. The summed E-state index contributed by atoms with van der Waals surface area (Å²) in [4.78, 5) is 0. The molecule has 0 fully saturated rings. The van der Waals surface area contributed by atoms with E-state index in [1.54, 1.807) is 0 Å². The average Bonchev–Trinajstić information content (AvgIpc) is 2.56. The van der Waals surface area contributed by atoms with Crippen LogP contribution in [0.4, 0.5) is 0 Å². The molecule has 0 radical (unpaired) electrons. The first-order valence-electron chi connectivity index (χ1n) is 4.50. The molecule has 0 aliphatic carbocycles. The van der Waals surface area contributed by atoms with Crippen LogP contribution in [0, 0.1) is 0 Å². The van der Waals surface area contributed by atoms with Crippen molar-refractivity contribution in [2.24, 2.45) is 7.05 Å². The van der Waals surface area contributed by atoms with Gasteiger partial charge in [-0.1, -0.05) is 34.1 Å². The third-order valence-electron chi connectivity index (χ3n) is 2.13. The van der Waals surface area contributed by atoms with E-state index < -0.39 is 0 Å². The van der Waals surface area contributed by atoms with Crippen LogP contribution in [-0.4, -0.2) is 4.57 Å². The second kappa shape index (κ2) is 3.96. The van der Waals surface area contributed by atoms with Gasteiger partial charge in [-0.15, -0.1) is 0 Å². The number of imidazole rings is 1. The molecule has 1 aromatic heterocycles. The lowest BCUT2D eigenvalue weighted by Gasteiger charge is -2.00. The van der Waals surface area contributed by atoms with Gasteiger partial charge in [-0.05, 0) is 6.07 Å². The van der Waals surface area contributed by atoms with Crippen LogP contribution in [0.5, 0.6) is 0 Å². The zero-order valence-electron chi connectivity index (χ0n) is 8.02. The molecule has 1 aromatic carbocycles. The quantitative estimate of drug-likeness (QED) is 0.724. The van der Waals surface area contributed by atoms with Crippen LogP contribution in [0.1, 0.15) is 5.56 Å². The SMILES string of the molecule is C[n+]1ccn(Cc2ccccc2Br)c1. The van der Waals surface area contributed by atoms with E-state index >= 15 is 0 Å². The van der Waals surface area contributed by atoms with Crippen LogP contribution in [0.3, 0.4) is 0 Å². The zero-order chi connectivity index (χ0) is 9.97. The number of benzene rings is 1. The van der Waals surface area contributed by atoms with Gasteiger partial charge in [-0.25, -0.2) is 9.13 Å². The normalized spacial score (nSPS) is 10.4. The van der Waals surface area contributed by atoms with E-state index in [0.717, 1.165) is 11.0 Å². The Morgan fingerprint density at radius 1 is 1.36 bits per heavy atom. The van der Waals surface area contributed by atoms with Gasteiger partial charge in [0.2, 0.25) is 6.33 Å². The molecule has 0 bridgehead atoms. The smallest absolute Gasteiger partial charge is 0.240 e. The molecule has 3 heteroatoms. The Labute approximate surface area is 91.9 Å². The molecule has 0 aliphatic rings. The fourth-order valence-corrected chi connectivity index (χ4v) is 1.83. The zero-order valence-corrected chi connectivity index (χ0v) is 9.61. The summed E-state index contributed by atoms with van der Waals surface area (Å²) >= 11 is 3.54. The third-order valence-corrected chi connectivity index (χ3v) is 2.91. The van der Waals surface area contributed by atoms with Crippen molar-refractivity contribution in [1.82, 2.24) is 4.57 Å². The van der Waals surface area contributed by atoms with Gasteiger partial charge in [0, 0.05) is 10.0 Å². The molecule has 0 spiro atoms. The van der Waals surface area contributed by atoms with Crippen LogP contribution in [0.25, 0.3) is 0 Å².